The van der Waals surface area contributed by atoms with E-state index in [2.05, 4.69) is 50.1 Å². The van der Waals surface area contributed by atoms with E-state index in [1.165, 1.54) is 0 Å². The van der Waals surface area contributed by atoms with Gasteiger partial charge in [-0.3, -0.25) is 9.89 Å². The molecule has 5 heteroatoms. The first-order valence-electron chi connectivity index (χ1n) is 6.88. The summed E-state index contributed by atoms with van der Waals surface area (Å²) in [6.07, 6.45) is 1.78. The van der Waals surface area contributed by atoms with Crippen LogP contribution in [0.3, 0.4) is 0 Å². The van der Waals surface area contributed by atoms with Gasteiger partial charge in [0.15, 0.2) is 5.69 Å². The second kappa shape index (κ2) is 6.08. The van der Waals surface area contributed by atoms with Crippen LogP contribution < -0.4 is 11.1 Å². The molecule has 0 aromatic carbocycles. The number of hydrogen-bond donors (Lipinski definition) is 3. The molecule has 0 fully saturated rings. The minimum atomic E-state index is -0.202. The molecule has 0 radical (unpaired) electrons. The molecule has 108 valence electrons. The van der Waals surface area contributed by atoms with E-state index < -0.39 is 0 Å². The Balaban J connectivity index is 2.64. The molecule has 4 N–H and O–H groups in total. The van der Waals surface area contributed by atoms with Gasteiger partial charge in [0.2, 0.25) is 0 Å². The molecule has 5 nitrogen and oxygen atoms in total. The summed E-state index contributed by atoms with van der Waals surface area (Å²) in [7, 11) is 0. The van der Waals surface area contributed by atoms with Gasteiger partial charge in [0.05, 0.1) is 11.4 Å². The summed E-state index contributed by atoms with van der Waals surface area (Å²) in [5.74, 6) is 0.180. The SMILES string of the molecule is CCCc1[nH]nc(C(=O)NCC(C)C(C)(C)C)c1N. The van der Waals surface area contributed by atoms with Crippen molar-refractivity contribution in [1.82, 2.24) is 15.5 Å². The third-order valence-electron chi connectivity index (χ3n) is 3.65. The molecule has 1 heterocycles. The van der Waals surface area contributed by atoms with E-state index in [-0.39, 0.29) is 11.3 Å². The maximum absolute atomic E-state index is 12.0. The van der Waals surface area contributed by atoms with E-state index >= 15 is 0 Å². The number of H-pyrrole nitrogens is 1. The quantitative estimate of drug-likeness (QED) is 0.765. The first-order valence-corrected chi connectivity index (χ1v) is 6.88. The molecule has 1 aromatic heterocycles. The van der Waals surface area contributed by atoms with Gasteiger partial charge in [-0.25, -0.2) is 0 Å². The average molecular weight is 266 g/mol. The van der Waals surface area contributed by atoms with Crippen LogP contribution in [0, 0.1) is 11.3 Å². The van der Waals surface area contributed by atoms with Gasteiger partial charge in [0.25, 0.3) is 5.91 Å². The van der Waals surface area contributed by atoms with Gasteiger partial charge in [-0.2, -0.15) is 5.10 Å². The predicted molar refractivity (Wildman–Crippen MR) is 77.9 cm³/mol. The Labute approximate surface area is 115 Å². The standard InChI is InChI=1S/C14H26N4O/c1-6-7-10-11(15)12(18-17-10)13(19)16-8-9(2)14(3,4)5/h9H,6-8,15H2,1-5H3,(H,16,19)(H,17,18). The number of nitrogens with one attached hydrogen (secondary N) is 2. The minimum Gasteiger partial charge on any atom is -0.395 e. The fourth-order valence-corrected chi connectivity index (χ4v) is 1.64. The zero-order valence-corrected chi connectivity index (χ0v) is 12.6. The summed E-state index contributed by atoms with van der Waals surface area (Å²) in [6.45, 7) is 11.3. The van der Waals surface area contributed by atoms with Crippen LogP contribution in [-0.2, 0) is 6.42 Å². The second-order valence-electron chi connectivity index (χ2n) is 6.19. The summed E-state index contributed by atoms with van der Waals surface area (Å²) in [5.41, 5.74) is 7.72. The maximum atomic E-state index is 12.0. The van der Waals surface area contributed by atoms with Crippen LogP contribution in [0.2, 0.25) is 0 Å². The lowest BCUT2D eigenvalue weighted by molar-refractivity contribution is 0.0933. The Morgan fingerprint density at radius 2 is 2.11 bits per heavy atom. The molecule has 0 saturated carbocycles. The number of aromatic nitrogens is 2. The highest BCUT2D eigenvalue weighted by atomic mass is 16.1. The number of anilines is 1. The molecule has 1 aromatic rings. The second-order valence-corrected chi connectivity index (χ2v) is 6.19. The summed E-state index contributed by atoms with van der Waals surface area (Å²) < 4.78 is 0. The van der Waals surface area contributed by atoms with E-state index in [9.17, 15) is 4.79 Å². The van der Waals surface area contributed by atoms with Crippen LogP contribution in [0.5, 0.6) is 0 Å². The summed E-state index contributed by atoms with van der Waals surface area (Å²) in [5, 5.41) is 9.75. The number of carbonyl (C=O) groups excluding carboxylic acids is 1. The van der Waals surface area contributed by atoms with Crippen molar-refractivity contribution in [2.24, 2.45) is 11.3 Å². The van der Waals surface area contributed by atoms with Gasteiger partial charge in [-0.05, 0) is 17.8 Å². The van der Waals surface area contributed by atoms with Crippen LogP contribution in [-0.4, -0.2) is 22.6 Å². The number of nitrogen functional groups attached to an aromatic ring is 1. The molecule has 1 rings (SSSR count). The number of amides is 1. The van der Waals surface area contributed by atoms with Crippen LogP contribution in [0.15, 0.2) is 0 Å². The summed E-state index contributed by atoms with van der Waals surface area (Å²) in [6, 6.07) is 0. The number of hydrogen-bond acceptors (Lipinski definition) is 3. The average Bonchev–Trinajstić information content (AvgIpc) is 2.67. The molecular formula is C14H26N4O. The highest BCUT2D eigenvalue weighted by Gasteiger charge is 2.22. The number of carbonyl (C=O) groups is 1. The van der Waals surface area contributed by atoms with Gasteiger partial charge in [0.1, 0.15) is 0 Å². The van der Waals surface area contributed by atoms with Gasteiger partial charge in [0, 0.05) is 6.54 Å². The smallest absolute Gasteiger partial charge is 0.273 e. The van der Waals surface area contributed by atoms with Crippen molar-refractivity contribution in [3.63, 3.8) is 0 Å². The molecule has 0 aliphatic carbocycles. The molecule has 0 spiro atoms. The topological polar surface area (TPSA) is 83.8 Å². The largest absolute Gasteiger partial charge is 0.395 e. The lowest BCUT2D eigenvalue weighted by atomic mass is 9.82. The summed E-state index contributed by atoms with van der Waals surface area (Å²) in [4.78, 5) is 12.0. The van der Waals surface area contributed by atoms with E-state index in [4.69, 9.17) is 5.73 Å². The third-order valence-corrected chi connectivity index (χ3v) is 3.65. The molecule has 1 amide bonds. The van der Waals surface area contributed by atoms with Gasteiger partial charge >= 0.3 is 0 Å². The Bertz CT molecular complexity index is 431. The fourth-order valence-electron chi connectivity index (χ4n) is 1.64. The van der Waals surface area contributed by atoms with Crippen molar-refractivity contribution in [2.75, 3.05) is 12.3 Å². The van der Waals surface area contributed by atoms with E-state index in [1.807, 2.05) is 0 Å². The van der Waals surface area contributed by atoms with Crippen LogP contribution in [0.1, 0.15) is 57.2 Å². The lowest BCUT2D eigenvalue weighted by Gasteiger charge is -2.27. The Kier molecular flexibility index (Phi) is 4.97. The van der Waals surface area contributed by atoms with Crippen LogP contribution >= 0.6 is 0 Å². The fraction of sp³-hybridized carbons (Fsp3) is 0.714. The first kappa shape index (κ1) is 15.5. The first-order chi connectivity index (χ1) is 8.77. The summed E-state index contributed by atoms with van der Waals surface area (Å²) >= 11 is 0. The van der Waals surface area contributed by atoms with E-state index in [0.29, 0.717) is 23.8 Å². The van der Waals surface area contributed by atoms with Gasteiger partial charge in [-0.15, -0.1) is 0 Å². The van der Waals surface area contributed by atoms with E-state index in [0.717, 1.165) is 18.5 Å². The van der Waals surface area contributed by atoms with Crippen molar-refractivity contribution in [2.45, 2.75) is 47.5 Å². The lowest BCUT2D eigenvalue weighted by Crippen LogP contribution is -2.34. The highest BCUT2D eigenvalue weighted by Crippen LogP contribution is 2.24. The molecule has 0 aliphatic rings. The van der Waals surface area contributed by atoms with Gasteiger partial charge < -0.3 is 11.1 Å². The number of rotatable bonds is 5. The predicted octanol–water partition coefficient (Wildman–Crippen LogP) is 2.36. The molecule has 19 heavy (non-hydrogen) atoms. The number of nitrogens with two attached hydrogens (primary N) is 1. The number of aryl methyl sites for hydroxylation is 1. The molecule has 0 bridgehead atoms. The van der Waals surface area contributed by atoms with Crippen molar-refractivity contribution in [3.05, 3.63) is 11.4 Å². The zero-order chi connectivity index (χ0) is 14.6. The van der Waals surface area contributed by atoms with Crippen molar-refractivity contribution in [1.29, 1.82) is 0 Å². The number of aromatic amines is 1. The molecule has 1 atom stereocenters. The Morgan fingerprint density at radius 3 is 2.63 bits per heavy atom. The number of nitrogens with zero attached hydrogens (tertiary/aromatic N) is 1. The van der Waals surface area contributed by atoms with Crippen molar-refractivity contribution >= 4 is 11.6 Å². The Hall–Kier alpha value is -1.52. The molecule has 0 aliphatic heterocycles. The monoisotopic (exact) mass is 266 g/mol. The van der Waals surface area contributed by atoms with Crippen molar-refractivity contribution in [3.8, 4) is 0 Å². The van der Waals surface area contributed by atoms with Gasteiger partial charge in [-0.1, -0.05) is 41.0 Å². The third kappa shape index (κ3) is 3.98. The van der Waals surface area contributed by atoms with Crippen LogP contribution in [0.25, 0.3) is 0 Å². The normalized spacial score (nSPS) is 13.3. The van der Waals surface area contributed by atoms with E-state index in [1.54, 1.807) is 0 Å². The maximum Gasteiger partial charge on any atom is 0.273 e. The zero-order valence-electron chi connectivity index (χ0n) is 12.6. The minimum absolute atomic E-state index is 0.164. The molecule has 0 saturated heterocycles. The highest BCUT2D eigenvalue weighted by molar-refractivity contribution is 5.97. The molecular weight excluding hydrogens is 240 g/mol. The van der Waals surface area contributed by atoms with Crippen molar-refractivity contribution < 1.29 is 4.79 Å². The Morgan fingerprint density at radius 1 is 1.47 bits per heavy atom. The molecule has 1 unspecified atom stereocenters. The van der Waals surface area contributed by atoms with Crippen LogP contribution in [0.4, 0.5) is 5.69 Å².